The molecule has 0 aromatic carbocycles. The standard InChI is InChI=1S/C10H17N3O2/c1-10(7-12(2)3)5-4-8(11)9(6-10)13(14)15/h4-5H,6-7,11H2,1-3H3. The highest BCUT2D eigenvalue weighted by atomic mass is 16.6. The lowest BCUT2D eigenvalue weighted by Gasteiger charge is -2.30. The minimum absolute atomic E-state index is 0.127. The van der Waals surface area contributed by atoms with Crippen molar-refractivity contribution in [3.63, 3.8) is 0 Å². The van der Waals surface area contributed by atoms with E-state index in [1.807, 2.05) is 32.0 Å². The van der Waals surface area contributed by atoms with Crippen LogP contribution in [0.4, 0.5) is 0 Å². The molecule has 1 rings (SSSR count). The second-order valence-corrected chi connectivity index (χ2v) is 4.56. The van der Waals surface area contributed by atoms with Crippen LogP contribution in [-0.4, -0.2) is 30.5 Å². The number of allylic oxidation sites excluding steroid dienone is 2. The van der Waals surface area contributed by atoms with Crippen molar-refractivity contribution in [2.45, 2.75) is 13.3 Å². The zero-order chi connectivity index (χ0) is 11.6. The van der Waals surface area contributed by atoms with Crippen LogP contribution in [0.15, 0.2) is 23.5 Å². The summed E-state index contributed by atoms with van der Waals surface area (Å²) in [6.45, 7) is 2.77. The van der Waals surface area contributed by atoms with Crippen LogP contribution in [0.25, 0.3) is 0 Å². The lowest BCUT2D eigenvalue weighted by Crippen LogP contribution is -2.33. The third-order valence-electron chi connectivity index (χ3n) is 2.47. The Balaban J connectivity index is 2.88. The molecular formula is C10H17N3O2. The van der Waals surface area contributed by atoms with E-state index in [9.17, 15) is 10.1 Å². The van der Waals surface area contributed by atoms with Crippen LogP contribution in [0.2, 0.25) is 0 Å². The summed E-state index contributed by atoms with van der Waals surface area (Å²) in [6.07, 6.45) is 3.99. The van der Waals surface area contributed by atoms with Crippen molar-refractivity contribution in [3.05, 3.63) is 33.7 Å². The van der Waals surface area contributed by atoms with Gasteiger partial charge in [0.1, 0.15) is 5.70 Å². The van der Waals surface area contributed by atoms with E-state index in [1.54, 1.807) is 6.08 Å². The van der Waals surface area contributed by atoms with E-state index in [2.05, 4.69) is 0 Å². The van der Waals surface area contributed by atoms with Gasteiger partial charge in [-0.15, -0.1) is 0 Å². The van der Waals surface area contributed by atoms with Gasteiger partial charge in [0.25, 0.3) is 5.70 Å². The average Bonchev–Trinajstić information content (AvgIpc) is 2.08. The first-order valence-electron chi connectivity index (χ1n) is 4.81. The van der Waals surface area contributed by atoms with Crippen LogP contribution in [-0.2, 0) is 0 Å². The molecule has 0 fully saturated rings. The largest absolute Gasteiger partial charge is 0.393 e. The Labute approximate surface area is 89.4 Å². The van der Waals surface area contributed by atoms with Crippen molar-refractivity contribution in [1.29, 1.82) is 0 Å². The van der Waals surface area contributed by atoms with Gasteiger partial charge in [-0.3, -0.25) is 10.1 Å². The molecule has 2 N–H and O–H groups in total. The normalized spacial score (nSPS) is 26.1. The molecule has 0 spiro atoms. The van der Waals surface area contributed by atoms with Crippen LogP contribution in [0.5, 0.6) is 0 Å². The fourth-order valence-electron chi connectivity index (χ4n) is 1.93. The predicted octanol–water partition coefficient (Wildman–Crippen LogP) is 0.961. The molecule has 0 amide bonds. The first-order valence-corrected chi connectivity index (χ1v) is 4.81. The maximum Gasteiger partial charge on any atom is 0.269 e. The van der Waals surface area contributed by atoms with Gasteiger partial charge >= 0.3 is 0 Å². The molecule has 0 heterocycles. The highest BCUT2D eigenvalue weighted by molar-refractivity contribution is 5.27. The zero-order valence-electron chi connectivity index (χ0n) is 9.36. The molecular weight excluding hydrogens is 194 g/mol. The van der Waals surface area contributed by atoms with Gasteiger partial charge in [-0.05, 0) is 20.2 Å². The first kappa shape index (κ1) is 11.7. The predicted molar refractivity (Wildman–Crippen MR) is 58.6 cm³/mol. The fraction of sp³-hybridized carbons (Fsp3) is 0.600. The van der Waals surface area contributed by atoms with Gasteiger partial charge in [0.15, 0.2) is 0 Å². The zero-order valence-corrected chi connectivity index (χ0v) is 9.36. The van der Waals surface area contributed by atoms with E-state index in [0.29, 0.717) is 6.42 Å². The Bertz CT molecular complexity index is 334. The lowest BCUT2D eigenvalue weighted by atomic mass is 9.81. The lowest BCUT2D eigenvalue weighted by molar-refractivity contribution is -0.431. The van der Waals surface area contributed by atoms with Crippen molar-refractivity contribution in [2.75, 3.05) is 20.6 Å². The molecule has 0 aromatic rings. The topological polar surface area (TPSA) is 72.4 Å². The Morgan fingerprint density at radius 2 is 2.27 bits per heavy atom. The minimum Gasteiger partial charge on any atom is -0.393 e. The van der Waals surface area contributed by atoms with Crippen molar-refractivity contribution < 1.29 is 4.92 Å². The van der Waals surface area contributed by atoms with Gasteiger partial charge in [-0.25, -0.2) is 0 Å². The fourth-order valence-corrected chi connectivity index (χ4v) is 1.93. The Morgan fingerprint density at radius 3 is 2.73 bits per heavy atom. The molecule has 84 valence electrons. The van der Waals surface area contributed by atoms with Crippen LogP contribution in [0.1, 0.15) is 13.3 Å². The van der Waals surface area contributed by atoms with Crippen LogP contribution < -0.4 is 5.73 Å². The number of rotatable bonds is 3. The Hall–Kier alpha value is -1.36. The van der Waals surface area contributed by atoms with Gasteiger partial charge in [0.05, 0.1) is 11.3 Å². The van der Waals surface area contributed by atoms with Crippen molar-refractivity contribution in [2.24, 2.45) is 11.1 Å². The molecule has 1 aliphatic rings. The number of hydrogen-bond acceptors (Lipinski definition) is 4. The highest BCUT2D eigenvalue weighted by Gasteiger charge is 2.33. The summed E-state index contributed by atoms with van der Waals surface area (Å²) < 4.78 is 0. The molecule has 15 heavy (non-hydrogen) atoms. The summed E-state index contributed by atoms with van der Waals surface area (Å²) in [6, 6.07) is 0. The van der Waals surface area contributed by atoms with Crippen LogP contribution >= 0.6 is 0 Å². The van der Waals surface area contributed by atoms with Crippen molar-refractivity contribution in [1.82, 2.24) is 4.90 Å². The van der Waals surface area contributed by atoms with Crippen molar-refractivity contribution >= 4 is 0 Å². The summed E-state index contributed by atoms with van der Waals surface area (Å²) in [5.41, 5.74) is 5.77. The number of hydrogen-bond donors (Lipinski definition) is 1. The molecule has 1 aliphatic carbocycles. The minimum atomic E-state index is -0.382. The Kier molecular flexibility index (Phi) is 3.14. The molecule has 0 aliphatic heterocycles. The summed E-state index contributed by atoms with van der Waals surface area (Å²) >= 11 is 0. The van der Waals surface area contributed by atoms with Gasteiger partial charge < -0.3 is 10.6 Å². The van der Waals surface area contributed by atoms with Crippen LogP contribution in [0, 0.1) is 15.5 Å². The second-order valence-electron chi connectivity index (χ2n) is 4.56. The number of nitro groups is 1. The maximum absolute atomic E-state index is 10.8. The third-order valence-corrected chi connectivity index (χ3v) is 2.47. The van der Waals surface area contributed by atoms with Gasteiger partial charge in [0, 0.05) is 12.0 Å². The summed E-state index contributed by atoms with van der Waals surface area (Å²) in [7, 11) is 3.90. The SMILES string of the molecule is CN(C)CC1(C)C=CC(N)=C([N+](=O)[O-])C1. The molecule has 5 nitrogen and oxygen atoms in total. The van der Waals surface area contributed by atoms with E-state index in [4.69, 9.17) is 5.73 Å². The summed E-state index contributed by atoms with van der Waals surface area (Å²) in [4.78, 5) is 12.4. The molecule has 0 aromatic heterocycles. The van der Waals surface area contributed by atoms with E-state index < -0.39 is 0 Å². The summed E-state index contributed by atoms with van der Waals surface area (Å²) in [5, 5.41) is 10.8. The van der Waals surface area contributed by atoms with E-state index in [-0.39, 0.29) is 21.7 Å². The smallest absolute Gasteiger partial charge is 0.269 e. The first-order chi connectivity index (χ1) is 6.84. The molecule has 1 unspecified atom stereocenters. The maximum atomic E-state index is 10.8. The second kappa shape index (κ2) is 4.02. The summed E-state index contributed by atoms with van der Waals surface area (Å²) in [5.74, 6) is 0. The van der Waals surface area contributed by atoms with Crippen molar-refractivity contribution in [3.8, 4) is 0 Å². The molecule has 0 bridgehead atoms. The average molecular weight is 211 g/mol. The number of nitrogens with zero attached hydrogens (tertiary/aromatic N) is 2. The van der Waals surface area contributed by atoms with Crippen LogP contribution in [0.3, 0.4) is 0 Å². The monoisotopic (exact) mass is 211 g/mol. The van der Waals surface area contributed by atoms with Gasteiger partial charge in [-0.2, -0.15) is 0 Å². The highest BCUT2D eigenvalue weighted by Crippen LogP contribution is 2.33. The molecule has 0 radical (unpaired) electrons. The Morgan fingerprint density at radius 1 is 1.67 bits per heavy atom. The van der Waals surface area contributed by atoms with E-state index in [0.717, 1.165) is 6.54 Å². The number of nitrogens with two attached hydrogens (primary N) is 1. The van der Waals surface area contributed by atoms with E-state index >= 15 is 0 Å². The quantitative estimate of drug-likeness (QED) is 0.557. The molecule has 1 atom stereocenters. The van der Waals surface area contributed by atoms with Gasteiger partial charge in [-0.1, -0.05) is 13.0 Å². The molecule has 5 heteroatoms. The molecule has 0 saturated heterocycles. The van der Waals surface area contributed by atoms with Gasteiger partial charge in [0.2, 0.25) is 0 Å². The third kappa shape index (κ3) is 2.79. The molecule has 0 saturated carbocycles. The van der Waals surface area contributed by atoms with E-state index in [1.165, 1.54) is 0 Å².